The number of carbonyl (C=O) groups is 1. The Balaban J connectivity index is 1.59. The van der Waals surface area contributed by atoms with Gasteiger partial charge in [0.2, 0.25) is 11.9 Å². The number of anilines is 1. The van der Waals surface area contributed by atoms with Crippen LogP contribution in [0.15, 0.2) is 33.5 Å². The summed E-state index contributed by atoms with van der Waals surface area (Å²) in [4.78, 5) is 34.2. The topological polar surface area (TPSA) is 87.3 Å². The van der Waals surface area contributed by atoms with Crippen LogP contribution in [0.5, 0.6) is 0 Å². The molecule has 2 N–H and O–H groups in total. The molecule has 1 amide bonds. The number of carbonyl (C=O) groups excluding carboxylic acids is 1. The normalized spacial score (nSPS) is 15.3. The number of hydrogen-bond acceptors (Lipinski definition) is 5. The van der Waals surface area contributed by atoms with E-state index in [-0.39, 0.29) is 23.9 Å². The van der Waals surface area contributed by atoms with Crippen molar-refractivity contribution in [2.24, 2.45) is 0 Å². The van der Waals surface area contributed by atoms with E-state index in [1.54, 1.807) is 0 Å². The van der Waals surface area contributed by atoms with Gasteiger partial charge in [-0.1, -0.05) is 28.1 Å². The Morgan fingerprint density at radius 3 is 2.64 bits per heavy atom. The van der Waals surface area contributed by atoms with E-state index in [9.17, 15) is 9.59 Å². The summed E-state index contributed by atoms with van der Waals surface area (Å²) in [5.41, 5.74) is 2.08. The molecule has 1 aliphatic heterocycles. The van der Waals surface area contributed by atoms with Crippen LogP contribution in [0.25, 0.3) is 0 Å². The number of aryl methyl sites for hydroxylation is 1. The molecule has 3 rings (SSSR count). The molecule has 150 valence electrons. The first-order chi connectivity index (χ1) is 13.4. The maximum Gasteiger partial charge on any atom is 0.255 e. The summed E-state index contributed by atoms with van der Waals surface area (Å²) in [6.07, 6.45) is 0.597. The molecule has 0 aliphatic carbocycles. The number of nitrogens with zero attached hydrogens (tertiary/aromatic N) is 2. The number of morpholine rings is 1. The fourth-order valence-corrected chi connectivity index (χ4v) is 3.47. The second-order valence-corrected chi connectivity index (χ2v) is 7.81. The van der Waals surface area contributed by atoms with Crippen LogP contribution in [0.1, 0.15) is 36.2 Å². The van der Waals surface area contributed by atoms with Gasteiger partial charge >= 0.3 is 0 Å². The zero-order valence-electron chi connectivity index (χ0n) is 16.1. The molecule has 1 saturated heterocycles. The average Bonchev–Trinajstić information content (AvgIpc) is 2.68. The molecule has 0 radical (unpaired) electrons. The zero-order valence-corrected chi connectivity index (χ0v) is 17.7. The summed E-state index contributed by atoms with van der Waals surface area (Å²) < 4.78 is 6.33. The van der Waals surface area contributed by atoms with Crippen molar-refractivity contribution in [3.63, 3.8) is 0 Å². The molecule has 0 bridgehead atoms. The summed E-state index contributed by atoms with van der Waals surface area (Å²) in [5.74, 6) is 0.481. The van der Waals surface area contributed by atoms with Crippen molar-refractivity contribution in [3.05, 3.63) is 55.9 Å². The van der Waals surface area contributed by atoms with E-state index in [1.807, 2.05) is 43.0 Å². The summed E-state index contributed by atoms with van der Waals surface area (Å²) in [6, 6.07) is 7.74. The number of aromatic nitrogens is 2. The SMILES string of the molecule is Cc1nc(N2CCOCC2)[nH]c(=O)c1CCC(=O)NC(C)c1ccc(Br)cc1. The fourth-order valence-electron chi connectivity index (χ4n) is 3.20. The van der Waals surface area contributed by atoms with Gasteiger partial charge in [-0.05, 0) is 38.0 Å². The Labute approximate surface area is 172 Å². The second-order valence-electron chi connectivity index (χ2n) is 6.89. The summed E-state index contributed by atoms with van der Waals surface area (Å²) in [6.45, 7) is 6.42. The van der Waals surface area contributed by atoms with Crippen molar-refractivity contribution in [3.8, 4) is 0 Å². The number of amides is 1. The lowest BCUT2D eigenvalue weighted by Gasteiger charge is -2.27. The minimum Gasteiger partial charge on any atom is -0.378 e. The number of H-pyrrole nitrogens is 1. The van der Waals surface area contributed by atoms with Crippen molar-refractivity contribution < 1.29 is 9.53 Å². The number of hydrogen-bond donors (Lipinski definition) is 2. The van der Waals surface area contributed by atoms with Crippen LogP contribution in [0.2, 0.25) is 0 Å². The molecule has 1 aromatic carbocycles. The van der Waals surface area contributed by atoms with E-state index in [0.29, 0.717) is 49.9 Å². The van der Waals surface area contributed by atoms with Crippen LogP contribution >= 0.6 is 15.9 Å². The van der Waals surface area contributed by atoms with E-state index in [0.717, 1.165) is 10.0 Å². The van der Waals surface area contributed by atoms with Crippen molar-refractivity contribution in [2.45, 2.75) is 32.7 Å². The monoisotopic (exact) mass is 448 g/mol. The number of rotatable bonds is 6. The van der Waals surface area contributed by atoms with Gasteiger partial charge in [0.15, 0.2) is 0 Å². The molecule has 28 heavy (non-hydrogen) atoms. The largest absolute Gasteiger partial charge is 0.378 e. The molecule has 1 fully saturated rings. The first-order valence-corrected chi connectivity index (χ1v) is 10.2. The highest BCUT2D eigenvalue weighted by molar-refractivity contribution is 9.10. The molecule has 0 saturated carbocycles. The van der Waals surface area contributed by atoms with Crippen LogP contribution < -0.4 is 15.8 Å². The lowest BCUT2D eigenvalue weighted by Crippen LogP contribution is -2.38. The summed E-state index contributed by atoms with van der Waals surface area (Å²) in [5, 5.41) is 2.98. The van der Waals surface area contributed by atoms with Crippen molar-refractivity contribution in [2.75, 3.05) is 31.2 Å². The third-order valence-electron chi connectivity index (χ3n) is 4.87. The molecule has 8 heteroatoms. The molecule has 2 aromatic rings. The molecule has 1 atom stereocenters. The molecule has 1 aromatic heterocycles. The third kappa shape index (κ3) is 5.20. The predicted molar refractivity (Wildman–Crippen MR) is 112 cm³/mol. The number of halogens is 1. The van der Waals surface area contributed by atoms with E-state index >= 15 is 0 Å². The van der Waals surface area contributed by atoms with Gasteiger partial charge < -0.3 is 15.0 Å². The molecule has 2 heterocycles. The lowest BCUT2D eigenvalue weighted by atomic mass is 10.1. The Kier molecular flexibility index (Phi) is 6.85. The van der Waals surface area contributed by atoms with Crippen LogP contribution in [-0.2, 0) is 16.0 Å². The first-order valence-electron chi connectivity index (χ1n) is 9.41. The zero-order chi connectivity index (χ0) is 20.1. The molecule has 1 unspecified atom stereocenters. The average molecular weight is 449 g/mol. The molecular weight excluding hydrogens is 424 g/mol. The van der Waals surface area contributed by atoms with Gasteiger partial charge in [-0.3, -0.25) is 14.6 Å². The van der Waals surface area contributed by atoms with Crippen LogP contribution in [0.3, 0.4) is 0 Å². The van der Waals surface area contributed by atoms with E-state index in [4.69, 9.17) is 4.74 Å². The molecule has 1 aliphatic rings. The van der Waals surface area contributed by atoms with Gasteiger partial charge in [-0.2, -0.15) is 0 Å². The van der Waals surface area contributed by atoms with Gasteiger partial charge in [0, 0.05) is 35.2 Å². The van der Waals surface area contributed by atoms with Gasteiger partial charge in [0.05, 0.1) is 19.3 Å². The van der Waals surface area contributed by atoms with E-state index < -0.39 is 0 Å². The smallest absolute Gasteiger partial charge is 0.255 e. The highest BCUT2D eigenvalue weighted by atomic mass is 79.9. The number of benzene rings is 1. The number of ether oxygens (including phenoxy) is 1. The lowest BCUT2D eigenvalue weighted by molar-refractivity contribution is -0.121. The molecular formula is C20H25BrN4O3. The molecule has 7 nitrogen and oxygen atoms in total. The fraction of sp³-hybridized carbons (Fsp3) is 0.450. The van der Waals surface area contributed by atoms with Gasteiger partial charge in [-0.25, -0.2) is 4.98 Å². The van der Waals surface area contributed by atoms with Crippen molar-refractivity contribution in [1.82, 2.24) is 15.3 Å². The third-order valence-corrected chi connectivity index (χ3v) is 5.40. The van der Waals surface area contributed by atoms with Crippen molar-refractivity contribution >= 4 is 27.8 Å². The highest BCUT2D eigenvalue weighted by Gasteiger charge is 2.17. The summed E-state index contributed by atoms with van der Waals surface area (Å²) in [7, 11) is 0. The highest BCUT2D eigenvalue weighted by Crippen LogP contribution is 2.17. The predicted octanol–water partition coefficient (Wildman–Crippen LogP) is 2.49. The maximum atomic E-state index is 12.5. The quantitative estimate of drug-likeness (QED) is 0.708. The second kappa shape index (κ2) is 9.34. The first kappa shape index (κ1) is 20.5. The number of aromatic amines is 1. The Morgan fingerprint density at radius 1 is 1.32 bits per heavy atom. The van der Waals surface area contributed by atoms with Gasteiger partial charge in [0.25, 0.3) is 5.56 Å². The van der Waals surface area contributed by atoms with Gasteiger partial charge in [-0.15, -0.1) is 0 Å². The van der Waals surface area contributed by atoms with Crippen molar-refractivity contribution in [1.29, 1.82) is 0 Å². The van der Waals surface area contributed by atoms with E-state index in [1.165, 1.54) is 0 Å². The Hall–Kier alpha value is -2.19. The minimum atomic E-state index is -0.178. The standard InChI is InChI=1S/C20H25BrN4O3/c1-13(15-3-5-16(21)6-4-15)22-18(26)8-7-17-14(2)23-20(24-19(17)27)25-9-11-28-12-10-25/h3-6,13H,7-12H2,1-2H3,(H,22,26)(H,23,24,27). The Morgan fingerprint density at radius 2 is 2.00 bits per heavy atom. The van der Waals surface area contributed by atoms with Crippen LogP contribution in [0, 0.1) is 6.92 Å². The van der Waals surface area contributed by atoms with Crippen LogP contribution in [-0.4, -0.2) is 42.2 Å². The van der Waals surface area contributed by atoms with E-state index in [2.05, 4.69) is 31.2 Å². The summed E-state index contributed by atoms with van der Waals surface area (Å²) >= 11 is 3.40. The van der Waals surface area contributed by atoms with Crippen LogP contribution in [0.4, 0.5) is 5.95 Å². The molecule has 0 spiro atoms. The minimum absolute atomic E-state index is 0.0912. The number of nitrogens with one attached hydrogen (secondary N) is 2. The Bertz CT molecular complexity index is 876. The van der Waals surface area contributed by atoms with Gasteiger partial charge in [0.1, 0.15) is 0 Å². The maximum absolute atomic E-state index is 12.5.